The Morgan fingerprint density at radius 3 is 1.73 bits per heavy atom. The molecular weight excluding hydrogens is 498 g/mol. The van der Waals surface area contributed by atoms with Crippen LogP contribution in [0.5, 0.6) is 11.5 Å². The first-order valence-electron chi connectivity index (χ1n) is 15.7. The molecule has 6 nitrogen and oxygen atoms in total. The van der Waals surface area contributed by atoms with Crippen molar-refractivity contribution in [1.29, 1.82) is 0 Å². The van der Waals surface area contributed by atoms with E-state index in [4.69, 9.17) is 9.47 Å². The highest BCUT2D eigenvalue weighted by molar-refractivity contribution is 5.73. The number of nitrogens with zero attached hydrogens (tertiary/aromatic N) is 3. The highest BCUT2D eigenvalue weighted by Crippen LogP contribution is 2.16. The highest BCUT2D eigenvalue weighted by Gasteiger charge is 2.18. The second kappa shape index (κ2) is 19.5. The second-order valence-electron chi connectivity index (χ2n) is 11.3. The van der Waals surface area contributed by atoms with Gasteiger partial charge in [-0.25, -0.2) is 0 Å². The van der Waals surface area contributed by atoms with E-state index >= 15 is 0 Å². The summed E-state index contributed by atoms with van der Waals surface area (Å²) in [5, 5.41) is 0. The van der Waals surface area contributed by atoms with E-state index in [1.165, 1.54) is 58.2 Å². The van der Waals surface area contributed by atoms with Gasteiger partial charge in [0.2, 0.25) is 5.91 Å². The summed E-state index contributed by atoms with van der Waals surface area (Å²) in [4.78, 5) is 18.3. The molecule has 1 unspecified atom stereocenters. The number of benzene rings is 2. The fraction of sp³-hybridized carbons (Fsp3) is 0.618. The molecule has 0 spiro atoms. The lowest BCUT2D eigenvalue weighted by atomic mass is 10.00. The van der Waals surface area contributed by atoms with Crippen LogP contribution in [0.3, 0.4) is 0 Å². The molecule has 6 heteroatoms. The normalized spacial score (nSPS) is 18.1. The van der Waals surface area contributed by atoms with Gasteiger partial charge in [-0.2, -0.15) is 0 Å². The number of rotatable bonds is 14. The SMILES string of the molecule is CC(=O)N1CCN(CCCCCOc2ccccc2)CC1.CC1CCCN(CCCCCOc2ccccc2)C1. The lowest BCUT2D eigenvalue weighted by Crippen LogP contribution is -2.48. The number of piperidine rings is 1. The first-order chi connectivity index (χ1) is 19.6. The monoisotopic (exact) mass is 551 g/mol. The van der Waals surface area contributed by atoms with Crippen LogP contribution >= 0.6 is 0 Å². The number of hydrogen-bond donors (Lipinski definition) is 0. The molecule has 0 radical (unpaired) electrons. The van der Waals surface area contributed by atoms with Crippen LogP contribution < -0.4 is 9.47 Å². The molecule has 0 aromatic heterocycles. The molecule has 0 saturated carbocycles. The van der Waals surface area contributed by atoms with Gasteiger partial charge in [-0.05, 0) is 101 Å². The summed E-state index contributed by atoms with van der Waals surface area (Å²) in [6.07, 6.45) is 10.1. The smallest absolute Gasteiger partial charge is 0.219 e. The second-order valence-corrected chi connectivity index (χ2v) is 11.3. The van der Waals surface area contributed by atoms with Gasteiger partial charge in [-0.3, -0.25) is 9.69 Å². The summed E-state index contributed by atoms with van der Waals surface area (Å²) in [5.41, 5.74) is 0. The zero-order valence-corrected chi connectivity index (χ0v) is 25.1. The van der Waals surface area contributed by atoms with Crippen LogP contribution in [0, 0.1) is 5.92 Å². The maximum absolute atomic E-state index is 11.2. The van der Waals surface area contributed by atoms with Crippen LogP contribution in [-0.2, 0) is 4.79 Å². The Bertz CT molecular complexity index is 903. The minimum absolute atomic E-state index is 0.202. The van der Waals surface area contributed by atoms with Gasteiger partial charge in [-0.15, -0.1) is 0 Å². The van der Waals surface area contributed by atoms with Gasteiger partial charge in [0.1, 0.15) is 11.5 Å². The summed E-state index contributed by atoms with van der Waals surface area (Å²) in [6, 6.07) is 20.1. The van der Waals surface area contributed by atoms with Crippen molar-refractivity contribution < 1.29 is 14.3 Å². The van der Waals surface area contributed by atoms with Crippen LogP contribution in [0.1, 0.15) is 65.2 Å². The van der Waals surface area contributed by atoms with E-state index in [2.05, 4.69) is 16.7 Å². The number of hydrogen-bond acceptors (Lipinski definition) is 5. The van der Waals surface area contributed by atoms with E-state index in [1.807, 2.05) is 65.6 Å². The van der Waals surface area contributed by atoms with Crippen LogP contribution in [0.25, 0.3) is 0 Å². The molecule has 0 aliphatic carbocycles. The number of likely N-dealkylation sites (tertiary alicyclic amines) is 1. The number of ether oxygens (including phenoxy) is 2. The van der Waals surface area contributed by atoms with Gasteiger partial charge in [0.05, 0.1) is 13.2 Å². The fourth-order valence-electron chi connectivity index (χ4n) is 5.42. The van der Waals surface area contributed by atoms with E-state index in [9.17, 15) is 4.79 Å². The zero-order valence-electron chi connectivity index (χ0n) is 25.1. The quantitative estimate of drug-likeness (QED) is 0.256. The van der Waals surface area contributed by atoms with Crippen LogP contribution in [0.2, 0.25) is 0 Å². The Balaban J connectivity index is 0.000000222. The predicted octanol–water partition coefficient (Wildman–Crippen LogP) is 6.37. The number of amides is 1. The van der Waals surface area contributed by atoms with Gasteiger partial charge in [-0.1, -0.05) is 43.3 Å². The Hall–Kier alpha value is -2.57. The molecule has 2 aromatic rings. The minimum atomic E-state index is 0.202. The van der Waals surface area contributed by atoms with Crippen molar-refractivity contribution in [2.75, 3.05) is 65.6 Å². The van der Waals surface area contributed by atoms with E-state index in [0.29, 0.717) is 0 Å². The molecule has 4 rings (SSSR count). The molecule has 2 aliphatic heterocycles. The first kappa shape index (κ1) is 32.0. The summed E-state index contributed by atoms with van der Waals surface area (Å²) in [7, 11) is 0. The van der Waals surface area contributed by atoms with Crippen molar-refractivity contribution in [3.05, 3.63) is 60.7 Å². The number of carbonyl (C=O) groups excluding carboxylic acids is 1. The molecule has 0 bridgehead atoms. The molecule has 2 heterocycles. The minimum Gasteiger partial charge on any atom is -0.494 e. The average molecular weight is 552 g/mol. The van der Waals surface area contributed by atoms with Gasteiger partial charge >= 0.3 is 0 Å². The van der Waals surface area contributed by atoms with Crippen molar-refractivity contribution in [3.8, 4) is 11.5 Å². The molecule has 2 aromatic carbocycles. The van der Waals surface area contributed by atoms with Gasteiger partial charge < -0.3 is 19.3 Å². The zero-order chi connectivity index (χ0) is 28.3. The number of carbonyl (C=O) groups is 1. The Kier molecular flexibility index (Phi) is 15.6. The lowest BCUT2D eigenvalue weighted by Gasteiger charge is -2.34. The predicted molar refractivity (Wildman–Crippen MR) is 165 cm³/mol. The van der Waals surface area contributed by atoms with Gasteiger partial charge in [0.25, 0.3) is 0 Å². The molecule has 1 atom stereocenters. The topological polar surface area (TPSA) is 45.2 Å². The summed E-state index contributed by atoms with van der Waals surface area (Å²) in [6.45, 7) is 14.5. The Morgan fingerprint density at radius 2 is 1.23 bits per heavy atom. The third-order valence-electron chi connectivity index (χ3n) is 7.82. The summed E-state index contributed by atoms with van der Waals surface area (Å²) >= 11 is 0. The van der Waals surface area contributed by atoms with E-state index in [-0.39, 0.29) is 5.91 Å². The highest BCUT2D eigenvalue weighted by atomic mass is 16.5. The maximum atomic E-state index is 11.2. The van der Waals surface area contributed by atoms with Gasteiger partial charge in [0, 0.05) is 39.6 Å². The molecule has 2 saturated heterocycles. The standard InChI is InChI=1S/C17H26N2O2.C17H27NO/c1-16(20)19-13-11-18(12-14-19)10-6-3-7-15-21-17-8-4-2-5-9-17;1-16-9-8-13-18(15-16)12-6-3-7-14-19-17-10-4-2-5-11-17/h2,4-5,8-9H,3,6-7,10-15H2,1H3;2,4-5,10-11,16H,3,6-9,12-15H2,1H3. The van der Waals surface area contributed by atoms with Crippen LogP contribution in [0.4, 0.5) is 0 Å². The fourth-order valence-corrected chi connectivity index (χ4v) is 5.42. The molecule has 2 fully saturated rings. The van der Waals surface area contributed by atoms with Crippen molar-refractivity contribution in [1.82, 2.24) is 14.7 Å². The third kappa shape index (κ3) is 13.7. The van der Waals surface area contributed by atoms with Crippen LogP contribution in [0.15, 0.2) is 60.7 Å². The summed E-state index contributed by atoms with van der Waals surface area (Å²) in [5.74, 6) is 3.05. The average Bonchev–Trinajstić information content (AvgIpc) is 2.98. The molecule has 40 heavy (non-hydrogen) atoms. The van der Waals surface area contributed by atoms with Gasteiger partial charge in [0.15, 0.2) is 0 Å². The molecule has 0 N–H and O–H groups in total. The van der Waals surface area contributed by atoms with E-state index < -0.39 is 0 Å². The number of para-hydroxylation sites is 2. The van der Waals surface area contributed by atoms with Crippen molar-refractivity contribution >= 4 is 5.91 Å². The number of unbranched alkanes of at least 4 members (excludes halogenated alkanes) is 4. The van der Waals surface area contributed by atoms with Crippen molar-refractivity contribution in [2.24, 2.45) is 5.92 Å². The largest absolute Gasteiger partial charge is 0.494 e. The molecule has 2 aliphatic rings. The lowest BCUT2D eigenvalue weighted by molar-refractivity contribution is -0.130. The van der Waals surface area contributed by atoms with Crippen molar-refractivity contribution in [3.63, 3.8) is 0 Å². The number of piperazine rings is 1. The Morgan fingerprint density at radius 1 is 0.700 bits per heavy atom. The maximum Gasteiger partial charge on any atom is 0.219 e. The molecule has 1 amide bonds. The summed E-state index contributed by atoms with van der Waals surface area (Å²) < 4.78 is 11.4. The van der Waals surface area contributed by atoms with Crippen LogP contribution in [-0.4, -0.2) is 86.2 Å². The first-order valence-corrected chi connectivity index (χ1v) is 15.7. The molecule has 222 valence electrons. The molecular formula is C34H53N3O3. The van der Waals surface area contributed by atoms with Crippen molar-refractivity contribution in [2.45, 2.75) is 65.2 Å². The Labute approximate surface area is 243 Å². The van der Waals surface area contributed by atoms with E-state index in [0.717, 1.165) is 76.2 Å². The third-order valence-corrected chi connectivity index (χ3v) is 7.82. The van der Waals surface area contributed by atoms with E-state index in [1.54, 1.807) is 6.92 Å².